The van der Waals surface area contributed by atoms with Gasteiger partial charge < -0.3 is 19.9 Å². The molecule has 0 saturated heterocycles. The Balaban J connectivity index is 2.27. The highest BCUT2D eigenvalue weighted by Crippen LogP contribution is 2.31. The van der Waals surface area contributed by atoms with E-state index in [-0.39, 0.29) is 12.1 Å². The molecule has 27 heavy (non-hydrogen) atoms. The zero-order chi connectivity index (χ0) is 19.8. The highest BCUT2D eigenvalue weighted by molar-refractivity contribution is 5.92. The van der Waals surface area contributed by atoms with Gasteiger partial charge in [0.05, 0.1) is 26.2 Å². The molecule has 2 aromatic rings. The molecule has 1 unspecified atom stereocenters. The summed E-state index contributed by atoms with van der Waals surface area (Å²) in [5.41, 5.74) is 0.0665. The Morgan fingerprint density at radius 3 is 2.63 bits per heavy atom. The summed E-state index contributed by atoms with van der Waals surface area (Å²) < 4.78 is 10.9. The maximum atomic E-state index is 12.3. The number of aromatic amines is 1. The molecule has 0 aliphatic carbocycles. The Morgan fingerprint density at radius 2 is 2.04 bits per heavy atom. The van der Waals surface area contributed by atoms with Crippen LogP contribution in [-0.2, 0) is 4.79 Å². The van der Waals surface area contributed by atoms with E-state index in [1.54, 1.807) is 18.2 Å². The van der Waals surface area contributed by atoms with Gasteiger partial charge in [0.1, 0.15) is 5.69 Å². The first-order chi connectivity index (χ1) is 12.9. The molecule has 9 heteroatoms. The van der Waals surface area contributed by atoms with E-state index in [9.17, 15) is 19.5 Å². The molecule has 0 fully saturated rings. The number of aromatic nitrogens is 2. The van der Waals surface area contributed by atoms with Crippen molar-refractivity contribution in [1.82, 2.24) is 15.5 Å². The van der Waals surface area contributed by atoms with Crippen LogP contribution >= 0.6 is 0 Å². The first-order valence-electron chi connectivity index (χ1n) is 8.33. The van der Waals surface area contributed by atoms with Crippen molar-refractivity contribution in [3.63, 3.8) is 0 Å². The van der Waals surface area contributed by atoms with E-state index >= 15 is 0 Å². The highest BCUT2D eigenvalue weighted by atomic mass is 16.5. The minimum absolute atomic E-state index is 0.0279. The van der Waals surface area contributed by atoms with Gasteiger partial charge >= 0.3 is 5.97 Å². The van der Waals surface area contributed by atoms with Gasteiger partial charge in [-0.05, 0) is 30.2 Å². The van der Waals surface area contributed by atoms with E-state index in [0.29, 0.717) is 23.7 Å². The van der Waals surface area contributed by atoms with Crippen LogP contribution < -0.4 is 20.3 Å². The predicted octanol–water partition coefficient (Wildman–Crippen LogP) is 1.51. The van der Waals surface area contributed by atoms with Gasteiger partial charge in [-0.2, -0.15) is 5.10 Å². The van der Waals surface area contributed by atoms with E-state index in [1.165, 1.54) is 13.2 Å². The molecule has 3 N–H and O–H groups in total. The van der Waals surface area contributed by atoms with E-state index < -0.39 is 23.5 Å². The molecule has 1 aromatic carbocycles. The van der Waals surface area contributed by atoms with Crippen molar-refractivity contribution < 1.29 is 24.2 Å². The van der Waals surface area contributed by atoms with Crippen molar-refractivity contribution in [1.29, 1.82) is 0 Å². The Hall–Kier alpha value is -3.36. The van der Waals surface area contributed by atoms with E-state index in [4.69, 9.17) is 9.47 Å². The van der Waals surface area contributed by atoms with E-state index in [1.807, 2.05) is 6.92 Å². The molecule has 0 saturated carbocycles. The molecule has 0 radical (unpaired) electrons. The predicted molar refractivity (Wildman–Crippen MR) is 96.1 cm³/mol. The van der Waals surface area contributed by atoms with Crippen LogP contribution in [0.4, 0.5) is 0 Å². The zero-order valence-corrected chi connectivity index (χ0v) is 15.0. The SMILES string of the molecule is CCCOc1ccc(C(CC(=O)O)NC(=O)c2ccc(=O)[nH]n2)cc1OC. The van der Waals surface area contributed by atoms with Crippen LogP contribution in [-0.4, -0.2) is 40.9 Å². The summed E-state index contributed by atoms with van der Waals surface area (Å²) in [7, 11) is 1.48. The Labute approximate surface area is 155 Å². The van der Waals surface area contributed by atoms with Gasteiger partial charge in [0.2, 0.25) is 0 Å². The number of carbonyl (C=O) groups excluding carboxylic acids is 1. The average molecular weight is 375 g/mol. The molecular formula is C18H21N3O6. The number of ether oxygens (including phenoxy) is 2. The maximum absolute atomic E-state index is 12.3. The topological polar surface area (TPSA) is 131 Å². The molecule has 0 aliphatic rings. The number of H-pyrrole nitrogens is 1. The van der Waals surface area contributed by atoms with Gasteiger partial charge in [-0.15, -0.1) is 0 Å². The lowest BCUT2D eigenvalue weighted by atomic mass is 10.0. The molecule has 0 aliphatic heterocycles. The number of aliphatic carboxylic acids is 1. The molecule has 1 amide bonds. The fourth-order valence-electron chi connectivity index (χ4n) is 2.36. The lowest BCUT2D eigenvalue weighted by Gasteiger charge is -2.19. The van der Waals surface area contributed by atoms with Crippen molar-refractivity contribution in [3.05, 3.63) is 51.9 Å². The summed E-state index contributed by atoms with van der Waals surface area (Å²) in [5.74, 6) is -0.721. The third kappa shape index (κ3) is 5.56. The van der Waals surface area contributed by atoms with E-state index in [0.717, 1.165) is 12.5 Å². The quantitative estimate of drug-likeness (QED) is 0.605. The highest BCUT2D eigenvalue weighted by Gasteiger charge is 2.21. The average Bonchev–Trinajstić information content (AvgIpc) is 2.65. The number of hydrogen-bond acceptors (Lipinski definition) is 6. The summed E-state index contributed by atoms with van der Waals surface area (Å²) in [4.78, 5) is 34.6. The molecule has 2 rings (SSSR count). The van der Waals surface area contributed by atoms with Crippen LogP contribution in [0, 0.1) is 0 Å². The van der Waals surface area contributed by atoms with Gasteiger partial charge in [-0.3, -0.25) is 14.4 Å². The van der Waals surface area contributed by atoms with Crippen LogP contribution in [0.15, 0.2) is 35.1 Å². The molecule has 0 bridgehead atoms. The van der Waals surface area contributed by atoms with E-state index in [2.05, 4.69) is 15.5 Å². The van der Waals surface area contributed by atoms with Crippen LogP contribution in [0.5, 0.6) is 11.5 Å². The van der Waals surface area contributed by atoms with Crippen LogP contribution in [0.3, 0.4) is 0 Å². The fraction of sp³-hybridized carbons (Fsp3) is 0.333. The van der Waals surface area contributed by atoms with Gasteiger partial charge in [-0.25, -0.2) is 5.10 Å². The minimum atomic E-state index is -1.08. The summed E-state index contributed by atoms with van der Waals surface area (Å²) in [6.07, 6.45) is 0.488. The molecular weight excluding hydrogens is 354 g/mol. The zero-order valence-electron chi connectivity index (χ0n) is 15.0. The second-order valence-corrected chi connectivity index (χ2v) is 5.69. The number of carboxylic acids is 1. The second kappa shape index (κ2) is 9.37. The number of benzene rings is 1. The normalized spacial score (nSPS) is 11.5. The summed E-state index contributed by atoms with van der Waals surface area (Å²) in [6.45, 7) is 2.49. The monoisotopic (exact) mass is 375 g/mol. The van der Waals surface area contributed by atoms with Gasteiger partial charge in [0, 0.05) is 6.07 Å². The van der Waals surface area contributed by atoms with Crippen molar-refractivity contribution in [2.75, 3.05) is 13.7 Å². The number of methoxy groups -OCH3 is 1. The summed E-state index contributed by atoms with van der Waals surface area (Å²) in [5, 5.41) is 17.6. The standard InChI is InChI=1S/C18H21N3O6/c1-3-8-27-14-6-4-11(9-15(14)26-2)13(10-17(23)24)19-18(25)12-5-7-16(22)21-20-12/h4-7,9,13H,3,8,10H2,1-2H3,(H,19,25)(H,21,22)(H,23,24). The molecule has 1 atom stereocenters. The molecule has 144 valence electrons. The Bertz CT molecular complexity index is 844. The minimum Gasteiger partial charge on any atom is -0.493 e. The number of carbonyl (C=O) groups is 2. The Morgan fingerprint density at radius 1 is 1.26 bits per heavy atom. The smallest absolute Gasteiger partial charge is 0.305 e. The van der Waals surface area contributed by atoms with Crippen LogP contribution in [0.1, 0.15) is 41.9 Å². The van der Waals surface area contributed by atoms with Gasteiger partial charge in [0.15, 0.2) is 11.5 Å². The van der Waals surface area contributed by atoms with Crippen molar-refractivity contribution in [3.8, 4) is 11.5 Å². The molecule has 1 aromatic heterocycles. The third-order valence-electron chi connectivity index (χ3n) is 3.65. The summed E-state index contributed by atoms with van der Waals surface area (Å²) in [6, 6.07) is 6.56. The number of hydrogen-bond donors (Lipinski definition) is 3. The first kappa shape index (κ1) is 20.0. The lowest BCUT2D eigenvalue weighted by molar-refractivity contribution is -0.137. The van der Waals surface area contributed by atoms with Crippen molar-refractivity contribution in [2.45, 2.75) is 25.8 Å². The number of rotatable bonds is 9. The maximum Gasteiger partial charge on any atom is 0.305 e. The van der Waals surface area contributed by atoms with Crippen LogP contribution in [0.25, 0.3) is 0 Å². The third-order valence-corrected chi connectivity index (χ3v) is 3.65. The number of amides is 1. The summed E-state index contributed by atoms with van der Waals surface area (Å²) >= 11 is 0. The second-order valence-electron chi connectivity index (χ2n) is 5.69. The van der Waals surface area contributed by atoms with Crippen LogP contribution in [0.2, 0.25) is 0 Å². The molecule has 0 spiro atoms. The van der Waals surface area contributed by atoms with Crippen molar-refractivity contribution in [2.24, 2.45) is 0 Å². The van der Waals surface area contributed by atoms with Crippen molar-refractivity contribution >= 4 is 11.9 Å². The molecule has 9 nitrogen and oxygen atoms in total. The number of nitrogens with zero attached hydrogens (tertiary/aromatic N) is 1. The number of nitrogens with one attached hydrogen (secondary N) is 2. The van der Waals surface area contributed by atoms with Gasteiger partial charge in [0.25, 0.3) is 11.5 Å². The fourth-order valence-corrected chi connectivity index (χ4v) is 2.36. The molecule has 1 heterocycles. The lowest BCUT2D eigenvalue weighted by Crippen LogP contribution is -2.31. The first-order valence-corrected chi connectivity index (χ1v) is 8.33. The van der Waals surface area contributed by atoms with Gasteiger partial charge in [-0.1, -0.05) is 13.0 Å². The number of carboxylic acid groups (broad SMARTS) is 1. The Kier molecular flexibility index (Phi) is 6.93. The largest absolute Gasteiger partial charge is 0.493 e.